The van der Waals surface area contributed by atoms with E-state index in [-0.39, 0.29) is 12.2 Å². The van der Waals surface area contributed by atoms with Crippen LogP contribution in [0.2, 0.25) is 0 Å². The van der Waals surface area contributed by atoms with Gasteiger partial charge in [-0.25, -0.2) is 9.78 Å². The van der Waals surface area contributed by atoms with Crippen LogP contribution in [0.3, 0.4) is 0 Å². The molecule has 0 saturated carbocycles. The summed E-state index contributed by atoms with van der Waals surface area (Å²) >= 11 is 0. The fourth-order valence-corrected chi connectivity index (χ4v) is 3.76. The fraction of sp³-hybridized carbons (Fsp3) is 0.348. The molecule has 0 radical (unpaired) electrons. The molecule has 2 aromatic heterocycles. The lowest BCUT2D eigenvalue weighted by Crippen LogP contribution is -2.40. The van der Waals surface area contributed by atoms with Crippen molar-refractivity contribution in [1.82, 2.24) is 14.5 Å². The maximum Gasteiger partial charge on any atom is 0.347 e. The number of fused-ring (bicyclic) bond motifs is 1. The lowest BCUT2D eigenvalue weighted by Gasteiger charge is -2.27. The quantitative estimate of drug-likeness (QED) is 0.608. The van der Waals surface area contributed by atoms with Gasteiger partial charge in [-0.05, 0) is 18.6 Å². The highest BCUT2D eigenvalue weighted by Gasteiger charge is 2.25. The average Bonchev–Trinajstić information content (AvgIpc) is 2.80. The molecule has 1 aliphatic rings. The molecule has 8 nitrogen and oxygen atoms in total. The number of carbonyl (C=O) groups is 1. The van der Waals surface area contributed by atoms with Crippen molar-refractivity contribution in [1.29, 1.82) is 0 Å². The monoisotopic (exact) mass is 423 g/mol. The summed E-state index contributed by atoms with van der Waals surface area (Å²) in [5.41, 5.74) is 1.07. The number of aromatic nitrogens is 2. The standard InChI is InChI=1S/C23H25N3O5/c1-2-31-23(29)19-20(27)18-14-17(16-6-4-3-5-7-16)15-24-21(18)26(22(19)28)9-8-25-10-12-30-13-11-25/h3-7,14-15,27H,2,8-13H2,1H3. The van der Waals surface area contributed by atoms with Crippen LogP contribution < -0.4 is 5.56 Å². The molecule has 0 atom stereocenters. The Labute approximate surface area is 179 Å². The number of ether oxygens (including phenoxy) is 2. The minimum Gasteiger partial charge on any atom is -0.506 e. The van der Waals surface area contributed by atoms with Gasteiger partial charge in [-0.15, -0.1) is 0 Å². The third kappa shape index (κ3) is 4.30. The molecule has 0 amide bonds. The number of benzene rings is 1. The number of aromatic hydroxyl groups is 1. The van der Waals surface area contributed by atoms with Gasteiger partial charge in [0.15, 0.2) is 5.56 Å². The van der Waals surface area contributed by atoms with E-state index in [1.54, 1.807) is 19.2 Å². The van der Waals surface area contributed by atoms with Gasteiger partial charge >= 0.3 is 5.97 Å². The number of hydrogen-bond acceptors (Lipinski definition) is 7. The van der Waals surface area contributed by atoms with Crippen molar-refractivity contribution in [3.05, 3.63) is 58.5 Å². The van der Waals surface area contributed by atoms with Gasteiger partial charge in [0.25, 0.3) is 5.56 Å². The van der Waals surface area contributed by atoms with E-state index in [9.17, 15) is 14.7 Å². The number of morpholine rings is 1. The SMILES string of the molecule is CCOC(=O)c1c(O)c2cc(-c3ccccc3)cnc2n(CCN2CCOCC2)c1=O. The fourth-order valence-electron chi connectivity index (χ4n) is 3.76. The first-order chi connectivity index (χ1) is 15.1. The van der Waals surface area contributed by atoms with Crippen LogP contribution in [0.15, 0.2) is 47.4 Å². The zero-order valence-electron chi connectivity index (χ0n) is 17.4. The van der Waals surface area contributed by atoms with Gasteiger partial charge in [0, 0.05) is 37.9 Å². The number of esters is 1. The van der Waals surface area contributed by atoms with Crippen LogP contribution in [0.1, 0.15) is 17.3 Å². The highest BCUT2D eigenvalue weighted by molar-refractivity contribution is 5.99. The van der Waals surface area contributed by atoms with Crippen molar-refractivity contribution in [2.24, 2.45) is 0 Å². The second-order valence-electron chi connectivity index (χ2n) is 7.32. The van der Waals surface area contributed by atoms with Crippen molar-refractivity contribution in [2.45, 2.75) is 13.5 Å². The number of carbonyl (C=O) groups excluding carboxylic acids is 1. The molecule has 8 heteroatoms. The summed E-state index contributed by atoms with van der Waals surface area (Å²) in [6, 6.07) is 11.3. The molecule has 3 heterocycles. The molecule has 1 N–H and O–H groups in total. The first-order valence-electron chi connectivity index (χ1n) is 10.4. The van der Waals surface area contributed by atoms with Gasteiger partial charge in [-0.3, -0.25) is 14.3 Å². The summed E-state index contributed by atoms with van der Waals surface area (Å²) < 4.78 is 11.9. The van der Waals surface area contributed by atoms with E-state index in [4.69, 9.17) is 9.47 Å². The Morgan fingerprint density at radius 1 is 1.16 bits per heavy atom. The molecule has 3 aromatic rings. The van der Waals surface area contributed by atoms with Crippen LogP contribution in [-0.4, -0.2) is 65.0 Å². The molecular weight excluding hydrogens is 398 g/mol. The summed E-state index contributed by atoms with van der Waals surface area (Å²) in [7, 11) is 0. The lowest BCUT2D eigenvalue weighted by atomic mass is 10.0. The number of hydrogen-bond donors (Lipinski definition) is 1. The summed E-state index contributed by atoms with van der Waals surface area (Å²) in [5.74, 6) is -1.23. The van der Waals surface area contributed by atoms with Crippen molar-refractivity contribution >= 4 is 17.0 Å². The van der Waals surface area contributed by atoms with Crippen LogP contribution >= 0.6 is 0 Å². The lowest BCUT2D eigenvalue weighted by molar-refractivity contribution is 0.0364. The summed E-state index contributed by atoms with van der Waals surface area (Å²) in [6.45, 7) is 5.55. The van der Waals surface area contributed by atoms with E-state index < -0.39 is 17.3 Å². The number of pyridine rings is 2. The van der Waals surface area contributed by atoms with Crippen molar-refractivity contribution in [2.75, 3.05) is 39.5 Å². The Morgan fingerprint density at radius 3 is 2.61 bits per heavy atom. The van der Waals surface area contributed by atoms with Crippen molar-refractivity contribution in [3.8, 4) is 16.9 Å². The molecule has 4 rings (SSSR count). The second kappa shape index (κ2) is 9.28. The normalized spacial score (nSPS) is 14.6. The predicted molar refractivity (Wildman–Crippen MR) is 116 cm³/mol. The smallest absolute Gasteiger partial charge is 0.347 e. The molecule has 0 spiro atoms. The van der Waals surface area contributed by atoms with Crippen LogP contribution in [-0.2, 0) is 16.0 Å². The van der Waals surface area contributed by atoms with Crippen LogP contribution in [0.5, 0.6) is 5.75 Å². The molecule has 31 heavy (non-hydrogen) atoms. The molecule has 1 fully saturated rings. The van der Waals surface area contributed by atoms with Gasteiger partial charge in [-0.1, -0.05) is 30.3 Å². The molecule has 0 aliphatic carbocycles. The van der Waals surface area contributed by atoms with E-state index >= 15 is 0 Å². The molecule has 0 bridgehead atoms. The van der Waals surface area contributed by atoms with Gasteiger partial charge in [0.2, 0.25) is 0 Å². The third-order valence-corrected chi connectivity index (χ3v) is 5.40. The maximum absolute atomic E-state index is 13.2. The topological polar surface area (TPSA) is 93.9 Å². The van der Waals surface area contributed by atoms with Gasteiger partial charge in [0.05, 0.1) is 25.2 Å². The highest BCUT2D eigenvalue weighted by Crippen LogP contribution is 2.30. The maximum atomic E-state index is 13.2. The van der Waals surface area contributed by atoms with Crippen molar-refractivity contribution < 1.29 is 19.4 Å². The number of nitrogens with zero attached hydrogens (tertiary/aromatic N) is 3. The number of rotatable bonds is 6. The Morgan fingerprint density at radius 2 is 1.90 bits per heavy atom. The first kappa shape index (κ1) is 21.0. The second-order valence-corrected chi connectivity index (χ2v) is 7.32. The van der Waals surface area contributed by atoms with E-state index in [1.807, 2.05) is 30.3 Å². The Bertz CT molecular complexity index is 1140. The van der Waals surface area contributed by atoms with Crippen LogP contribution in [0.25, 0.3) is 22.2 Å². The predicted octanol–water partition coefficient (Wildman–Crippen LogP) is 2.28. The Balaban J connectivity index is 1.83. The highest BCUT2D eigenvalue weighted by atomic mass is 16.5. The largest absolute Gasteiger partial charge is 0.506 e. The summed E-state index contributed by atoms with van der Waals surface area (Å²) in [6.07, 6.45) is 1.67. The van der Waals surface area contributed by atoms with Crippen LogP contribution in [0, 0.1) is 0 Å². The molecule has 0 unspecified atom stereocenters. The van der Waals surface area contributed by atoms with E-state index in [0.29, 0.717) is 37.3 Å². The van der Waals surface area contributed by atoms with E-state index in [2.05, 4.69) is 9.88 Å². The third-order valence-electron chi connectivity index (χ3n) is 5.40. The van der Waals surface area contributed by atoms with Crippen LogP contribution in [0.4, 0.5) is 0 Å². The van der Waals surface area contributed by atoms with Gasteiger partial charge in [-0.2, -0.15) is 0 Å². The minimum absolute atomic E-state index is 0.103. The minimum atomic E-state index is -0.836. The zero-order valence-corrected chi connectivity index (χ0v) is 17.4. The molecular formula is C23H25N3O5. The van der Waals surface area contributed by atoms with Crippen molar-refractivity contribution in [3.63, 3.8) is 0 Å². The first-order valence-corrected chi connectivity index (χ1v) is 10.4. The molecule has 1 saturated heterocycles. The molecule has 1 aromatic carbocycles. The van der Waals surface area contributed by atoms with E-state index in [1.165, 1.54) is 4.57 Å². The average molecular weight is 423 g/mol. The van der Waals surface area contributed by atoms with Gasteiger partial charge < -0.3 is 14.6 Å². The zero-order chi connectivity index (χ0) is 21.8. The Hall–Kier alpha value is -3.23. The molecule has 162 valence electrons. The van der Waals surface area contributed by atoms with E-state index in [0.717, 1.165) is 24.2 Å². The summed E-state index contributed by atoms with van der Waals surface area (Å²) in [5, 5.41) is 11.2. The van der Waals surface area contributed by atoms with Gasteiger partial charge in [0.1, 0.15) is 11.4 Å². The Kier molecular flexibility index (Phi) is 6.29. The summed E-state index contributed by atoms with van der Waals surface area (Å²) in [4.78, 5) is 32.4. The molecule has 1 aliphatic heterocycles.